The van der Waals surface area contributed by atoms with Crippen LogP contribution in [0.5, 0.6) is 0 Å². The molecule has 2 N–H and O–H groups in total. The third-order valence-electron chi connectivity index (χ3n) is 4.78. The summed E-state index contributed by atoms with van der Waals surface area (Å²) in [5.74, 6) is -0.486. The van der Waals surface area contributed by atoms with Crippen molar-refractivity contribution in [3.8, 4) is 0 Å². The summed E-state index contributed by atoms with van der Waals surface area (Å²) in [6.07, 6.45) is 2.36. The smallest absolute Gasteiger partial charge is 0.325 e. The highest BCUT2D eigenvalue weighted by Gasteiger charge is 2.34. The molecule has 6 nitrogen and oxygen atoms in total. The fourth-order valence-corrected chi connectivity index (χ4v) is 3.18. The molecule has 0 saturated carbocycles. The number of rotatable bonds is 10. The SMILES string of the molecule is CCOC(=O)C(N)[C@@H]1C=C[C@H](OCc2ccccc2)[C@@H](COCc2ccccc2)O1. The van der Waals surface area contributed by atoms with Gasteiger partial charge in [0.25, 0.3) is 0 Å². The van der Waals surface area contributed by atoms with Crippen LogP contribution in [0.2, 0.25) is 0 Å². The molecule has 0 fully saturated rings. The maximum atomic E-state index is 12.0. The number of hydrogen-bond donors (Lipinski definition) is 1. The summed E-state index contributed by atoms with van der Waals surface area (Å²) in [5, 5.41) is 0. The molecule has 0 aliphatic carbocycles. The zero-order valence-corrected chi connectivity index (χ0v) is 17.2. The molecule has 1 aliphatic heterocycles. The molecule has 6 heteroatoms. The minimum atomic E-state index is -0.895. The van der Waals surface area contributed by atoms with Crippen molar-refractivity contribution < 1.29 is 23.7 Å². The second-order valence-corrected chi connectivity index (χ2v) is 7.06. The zero-order chi connectivity index (χ0) is 21.2. The summed E-state index contributed by atoms with van der Waals surface area (Å²) in [6.45, 7) is 3.24. The standard InChI is InChI=1S/C24H29NO5/c1-2-28-24(26)23(25)21-14-13-20(29-16-19-11-7-4-8-12-19)22(30-21)17-27-15-18-9-5-3-6-10-18/h3-14,20-23H,2,15-17,25H2,1H3/t20-,21-,22+,23?/m0/s1. The Labute approximate surface area is 177 Å². The molecule has 1 aliphatic rings. The zero-order valence-electron chi connectivity index (χ0n) is 17.2. The molecule has 4 atom stereocenters. The topological polar surface area (TPSA) is 80.0 Å². The first-order valence-corrected chi connectivity index (χ1v) is 10.2. The van der Waals surface area contributed by atoms with Gasteiger partial charge in [0.15, 0.2) is 0 Å². The Kier molecular flexibility index (Phi) is 8.59. The monoisotopic (exact) mass is 411 g/mol. The first kappa shape index (κ1) is 22.2. The highest BCUT2D eigenvalue weighted by Crippen LogP contribution is 2.20. The second-order valence-electron chi connectivity index (χ2n) is 7.06. The van der Waals surface area contributed by atoms with Gasteiger partial charge < -0.3 is 24.7 Å². The average molecular weight is 411 g/mol. The van der Waals surface area contributed by atoms with Gasteiger partial charge in [-0.2, -0.15) is 0 Å². The van der Waals surface area contributed by atoms with E-state index in [4.69, 9.17) is 24.7 Å². The lowest BCUT2D eigenvalue weighted by atomic mass is 10.0. The molecular formula is C24H29NO5. The van der Waals surface area contributed by atoms with E-state index in [2.05, 4.69) is 0 Å². The summed E-state index contributed by atoms with van der Waals surface area (Å²) >= 11 is 0. The van der Waals surface area contributed by atoms with Gasteiger partial charge in [0, 0.05) is 0 Å². The van der Waals surface area contributed by atoms with E-state index in [1.807, 2.05) is 66.7 Å². The van der Waals surface area contributed by atoms with Crippen LogP contribution in [0, 0.1) is 0 Å². The van der Waals surface area contributed by atoms with Gasteiger partial charge in [-0.1, -0.05) is 72.8 Å². The number of hydrogen-bond acceptors (Lipinski definition) is 6. The third kappa shape index (κ3) is 6.50. The van der Waals surface area contributed by atoms with Crippen LogP contribution >= 0.6 is 0 Å². The molecule has 0 bridgehead atoms. The minimum Gasteiger partial charge on any atom is -0.465 e. The Hall–Kier alpha value is -2.51. The predicted molar refractivity (Wildman–Crippen MR) is 114 cm³/mol. The fourth-order valence-electron chi connectivity index (χ4n) is 3.18. The van der Waals surface area contributed by atoms with Crippen LogP contribution < -0.4 is 5.73 Å². The Morgan fingerprint density at radius 2 is 1.63 bits per heavy atom. The normalized spacial score (nSPS) is 21.9. The summed E-state index contributed by atoms with van der Waals surface area (Å²) in [5.41, 5.74) is 8.18. The molecule has 160 valence electrons. The number of benzene rings is 2. The highest BCUT2D eigenvalue weighted by molar-refractivity contribution is 5.76. The highest BCUT2D eigenvalue weighted by atomic mass is 16.6. The Morgan fingerprint density at radius 1 is 1.00 bits per heavy atom. The number of carbonyl (C=O) groups is 1. The van der Waals surface area contributed by atoms with Crippen LogP contribution in [0.15, 0.2) is 72.8 Å². The van der Waals surface area contributed by atoms with Gasteiger partial charge in [-0.05, 0) is 18.1 Å². The summed E-state index contributed by atoms with van der Waals surface area (Å²) in [7, 11) is 0. The van der Waals surface area contributed by atoms with Gasteiger partial charge in [0.05, 0.1) is 26.4 Å². The van der Waals surface area contributed by atoms with Crippen LogP contribution in [0.1, 0.15) is 18.1 Å². The number of nitrogens with two attached hydrogens (primary N) is 1. The Balaban J connectivity index is 1.62. The van der Waals surface area contributed by atoms with Gasteiger partial charge >= 0.3 is 5.97 Å². The molecule has 0 spiro atoms. The van der Waals surface area contributed by atoms with Gasteiger partial charge in [-0.25, -0.2) is 0 Å². The van der Waals surface area contributed by atoms with Gasteiger partial charge in [0.1, 0.15) is 24.4 Å². The summed E-state index contributed by atoms with van der Waals surface area (Å²) in [4.78, 5) is 12.0. The van der Waals surface area contributed by atoms with Crippen molar-refractivity contribution in [2.75, 3.05) is 13.2 Å². The number of esters is 1. The van der Waals surface area contributed by atoms with Crippen molar-refractivity contribution in [1.29, 1.82) is 0 Å². The lowest BCUT2D eigenvalue weighted by Crippen LogP contribution is -2.50. The first-order valence-electron chi connectivity index (χ1n) is 10.2. The van der Waals surface area contributed by atoms with Crippen molar-refractivity contribution in [3.05, 3.63) is 83.9 Å². The third-order valence-corrected chi connectivity index (χ3v) is 4.78. The van der Waals surface area contributed by atoms with Crippen LogP contribution in [-0.4, -0.2) is 43.5 Å². The van der Waals surface area contributed by atoms with E-state index in [0.717, 1.165) is 11.1 Å². The van der Waals surface area contributed by atoms with Crippen LogP contribution in [0.4, 0.5) is 0 Å². The summed E-state index contributed by atoms with van der Waals surface area (Å²) < 4.78 is 23.1. The van der Waals surface area contributed by atoms with Gasteiger partial charge in [-0.15, -0.1) is 0 Å². The van der Waals surface area contributed by atoms with E-state index >= 15 is 0 Å². The lowest BCUT2D eigenvalue weighted by Gasteiger charge is -2.34. The predicted octanol–water partition coefficient (Wildman–Crippen LogP) is 3.00. The maximum absolute atomic E-state index is 12.0. The largest absolute Gasteiger partial charge is 0.465 e. The molecule has 0 radical (unpaired) electrons. The van der Waals surface area contributed by atoms with Crippen molar-refractivity contribution in [2.24, 2.45) is 5.73 Å². The molecule has 2 aromatic rings. The molecule has 0 aromatic heterocycles. The average Bonchev–Trinajstić information content (AvgIpc) is 2.79. The quantitative estimate of drug-likeness (QED) is 0.478. The van der Waals surface area contributed by atoms with Crippen molar-refractivity contribution in [3.63, 3.8) is 0 Å². The molecule has 1 heterocycles. The van der Waals surface area contributed by atoms with Crippen molar-refractivity contribution in [1.82, 2.24) is 0 Å². The molecule has 1 unspecified atom stereocenters. The molecule has 3 rings (SSSR count). The summed E-state index contributed by atoms with van der Waals surface area (Å²) in [6, 6.07) is 18.9. The van der Waals surface area contributed by atoms with Crippen LogP contribution in [0.25, 0.3) is 0 Å². The molecular weight excluding hydrogens is 382 g/mol. The van der Waals surface area contributed by atoms with Crippen LogP contribution in [0.3, 0.4) is 0 Å². The number of carbonyl (C=O) groups excluding carboxylic acids is 1. The van der Waals surface area contributed by atoms with Crippen molar-refractivity contribution >= 4 is 5.97 Å². The Bertz CT molecular complexity index is 796. The second kappa shape index (κ2) is 11.6. The van der Waals surface area contributed by atoms with E-state index in [0.29, 0.717) is 19.8 Å². The molecule has 30 heavy (non-hydrogen) atoms. The first-order chi connectivity index (χ1) is 14.7. The molecule has 0 saturated heterocycles. The minimum absolute atomic E-state index is 0.273. The molecule has 2 aromatic carbocycles. The molecule has 0 amide bonds. The Morgan fingerprint density at radius 3 is 2.27 bits per heavy atom. The lowest BCUT2D eigenvalue weighted by molar-refractivity contribution is -0.155. The van der Waals surface area contributed by atoms with E-state index < -0.39 is 24.2 Å². The van der Waals surface area contributed by atoms with Crippen LogP contribution in [-0.2, 0) is 37.0 Å². The van der Waals surface area contributed by atoms with Gasteiger partial charge in [-0.3, -0.25) is 4.79 Å². The maximum Gasteiger partial charge on any atom is 0.325 e. The van der Waals surface area contributed by atoms with E-state index in [9.17, 15) is 4.79 Å². The number of ether oxygens (including phenoxy) is 4. The van der Waals surface area contributed by atoms with Crippen molar-refractivity contribution in [2.45, 2.75) is 44.5 Å². The van der Waals surface area contributed by atoms with E-state index in [1.165, 1.54) is 0 Å². The fraction of sp³-hybridized carbons (Fsp3) is 0.375. The van der Waals surface area contributed by atoms with E-state index in [-0.39, 0.29) is 12.7 Å². The van der Waals surface area contributed by atoms with E-state index in [1.54, 1.807) is 13.0 Å². The van der Waals surface area contributed by atoms with Gasteiger partial charge in [0.2, 0.25) is 0 Å².